The molecule has 0 spiro atoms. The molecule has 1 heterocycles. The number of carbonyl (C=O) groups is 1. The minimum absolute atomic E-state index is 0.0152. The number of aliphatic imine (C=N–C) groups is 1. The van der Waals surface area contributed by atoms with Gasteiger partial charge >= 0.3 is 0 Å². The minimum atomic E-state index is -0.332. The zero-order chi connectivity index (χ0) is 18.8. The fraction of sp³-hybridized carbons (Fsp3) is 0.579. The molecule has 1 aliphatic heterocycles. The molecule has 0 aliphatic carbocycles. The summed E-state index contributed by atoms with van der Waals surface area (Å²) in [6.07, 6.45) is 3.31. The van der Waals surface area contributed by atoms with Crippen LogP contribution < -0.4 is 10.6 Å². The monoisotopic (exact) mass is 364 g/mol. The zero-order valence-corrected chi connectivity index (χ0v) is 15.6. The number of ether oxygens (including phenoxy) is 1. The van der Waals surface area contributed by atoms with Gasteiger partial charge in [-0.05, 0) is 56.4 Å². The predicted molar refractivity (Wildman–Crippen MR) is 102 cm³/mol. The molecule has 0 bridgehead atoms. The van der Waals surface area contributed by atoms with Gasteiger partial charge in [0.15, 0.2) is 5.96 Å². The van der Waals surface area contributed by atoms with Crippen LogP contribution >= 0.6 is 0 Å². The first-order chi connectivity index (χ1) is 12.6. The van der Waals surface area contributed by atoms with Gasteiger partial charge in [-0.15, -0.1) is 0 Å². The average Bonchev–Trinajstić information content (AvgIpc) is 2.66. The van der Waals surface area contributed by atoms with E-state index in [1.54, 1.807) is 0 Å². The van der Waals surface area contributed by atoms with Gasteiger partial charge in [0, 0.05) is 39.0 Å². The van der Waals surface area contributed by atoms with E-state index >= 15 is 0 Å². The summed E-state index contributed by atoms with van der Waals surface area (Å²) in [5, 5.41) is 5.93. The highest BCUT2D eigenvalue weighted by molar-refractivity contribution is 5.94. The second-order valence-corrected chi connectivity index (χ2v) is 6.49. The van der Waals surface area contributed by atoms with Crippen LogP contribution in [0.25, 0.3) is 0 Å². The van der Waals surface area contributed by atoms with Crippen LogP contribution in [0.1, 0.15) is 26.2 Å². The SMILES string of the molecule is CCNC(=NCC(=O)Nc1ccc(F)cc1)N(C)CCC1CCOCC1. The lowest BCUT2D eigenvalue weighted by molar-refractivity contribution is -0.114. The zero-order valence-electron chi connectivity index (χ0n) is 15.6. The number of halogens is 1. The van der Waals surface area contributed by atoms with Gasteiger partial charge in [0.1, 0.15) is 12.4 Å². The molecule has 1 aliphatic rings. The summed E-state index contributed by atoms with van der Waals surface area (Å²) in [4.78, 5) is 18.5. The van der Waals surface area contributed by atoms with E-state index < -0.39 is 0 Å². The maximum Gasteiger partial charge on any atom is 0.246 e. The van der Waals surface area contributed by atoms with Gasteiger partial charge < -0.3 is 20.3 Å². The van der Waals surface area contributed by atoms with Crippen molar-refractivity contribution in [1.29, 1.82) is 0 Å². The summed E-state index contributed by atoms with van der Waals surface area (Å²) in [6.45, 7) is 5.34. The Bertz CT molecular complexity index is 586. The van der Waals surface area contributed by atoms with Crippen LogP contribution in [-0.2, 0) is 9.53 Å². The van der Waals surface area contributed by atoms with Crippen molar-refractivity contribution in [2.75, 3.05) is 45.2 Å². The fourth-order valence-corrected chi connectivity index (χ4v) is 2.87. The molecule has 2 rings (SSSR count). The summed E-state index contributed by atoms with van der Waals surface area (Å²) in [5.41, 5.74) is 0.560. The lowest BCUT2D eigenvalue weighted by Gasteiger charge is -2.26. The van der Waals surface area contributed by atoms with Gasteiger partial charge in [-0.3, -0.25) is 4.79 Å². The Morgan fingerprint density at radius 1 is 1.31 bits per heavy atom. The van der Waals surface area contributed by atoms with Crippen molar-refractivity contribution in [3.8, 4) is 0 Å². The molecule has 1 fully saturated rings. The van der Waals surface area contributed by atoms with E-state index in [2.05, 4.69) is 20.5 Å². The van der Waals surface area contributed by atoms with E-state index in [0.29, 0.717) is 17.6 Å². The Hall–Kier alpha value is -2.15. The average molecular weight is 364 g/mol. The first-order valence-corrected chi connectivity index (χ1v) is 9.21. The third-order valence-corrected chi connectivity index (χ3v) is 4.41. The fourth-order valence-electron chi connectivity index (χ4n) is 2.87. The van der Waals surface area contributed by atoms with Crippen LogP contribution in [0, 0.1) is 11.7 Å². The molecule has 0 aromatic heterocycles. The molecule has 0 radical (unpaired) electrons. The van der Waals surface area contributed by atoms with E-state index in [9.17, 15) is 9.18 Å². The Morgan fingerprint density at radius 2 is 2.00 bits per heavy atom. The van der Waals surface area contributed by atoms with E-state index in [1.165, 1.54) is 24.3 Å². The molecule has 2 N–H and O–H groups in total. The third kappa shape index (κ3) is 7.00. The number of carbonyl (C=O) groups excluding carboxylic acids is 1. The quantitative estimate of drug-likeness (QED) is 0.576. The Morgan fingerprint density at radius 3 is 2.65 bits per heavy atom. The standard InChI is InChI=1S/C19H29FN4O2/c1-3-21-19(24(2)11-8-15-9-12-26-13-10-15)22-14-18(25)23-17-6-4-16(20)5-7-17/h4-7,15H,3,8-14H2,1-2H3,(H,21,22)(H,23,25). The van der Waals surface area contributed by atoms with Gasteiger partial charge in [0.2, 0.25) is 5.91 Å². The first-order valence-electron chi connectivity index (χ1n) is 9.21. The number of guanidine groups is 1. The van der Waals surface area contributed by atoms with Crippen LogP contribution in [0.2, 0.25) is 0 Å². The molecule has 7 heteroatoms. The summed E-state index contributed by atoms with van der Waals surface area (Å²) < 4.78 is 18.3. The van der Waals surface area contributed by atoms with E-state index in [0.717, 1.165) is 45.6 Å². The van der Waals surface area contributed by atoms with Crippen molar-refractivity contribution in [2.45, 2.75) is 26.2 Å². The minimum Gasteiger partial charge on any atom is -0.381 e. The molecule has 6 nitrogen and oxygen atoms in total. The maximum absolute atomic E-state index is 12.9. The van der Waals surface area contributed by atoms with Crippen molar-refractivity contribution in [3.05, 3.63) is 30.1 Å². The van der Waals surface area contributed by atoms with Crippen molar-refractivity contribution in [3.63, 3.8) is 0 Å². The molecule has 0 unspecified atom stereocenters. The Labute approximate surface area is 154 Å². The largest absolute Gasteiger partial charge is 0.381 e. The first kappa shape index (κ1) is 20.2. The maximum atomic E-state index is 12.9. The van der Waals surface area contributed by atoms with Crippen molar-refractivity contribution in [2.24, 2.45) is 10.9 Å². The van der Waals surface area contributed by atoms with Crippen LogP contribution in [0.5, 0.6) is 0 Å². The molecular weight excluding hydrogens is 335 g/mol. The number of hydrogen-bond acceptors (Lipinski definition) is 3. The lowest BCUT2D eigenvalue weighted by atomic mass is 9.96. The van der Waals surface area contributed by atoms with E-state index in [1.807, 2.05) is 14.0 Å². The predicted octanol–water partition coefficient (Wildman–Crippen LogP) is 2.48. The van der Waals surface area contributed by atoms with Crippen LogP contribution in [0.15, 0.2) is 29.3 Å². The summed E-state index contributed by atoms with van der Waals surface area (Å²) in [5.74, 6) is 0.844. The number of nitrogens with zero attached hydrogens (tertiary/aromatic N) is 2. The van der Waals surface area contributed by atoms with Crippen LogP contribution in [0.4, 0.5) is 10.1 Å². The van der Waals surface area contributed by atoms with Crippen molar-refractivity contribution < 1.29 is 13.9 Å². The van der Waals surface area contributed by atoms with Crippen molar-refractivity contribution in [1.82, 2.24) is 10.2 Å². The van der Waals surface area contributed by atoms with Crippen LogP contribution in [-0.4, -0.2) is 56.7 Å². The number of nitrogens with one attached hydrogen (secondary N) is 2. The third-order valence-electron chi connectivity index (χ3n) is 4.41. The number of hydrogen-bond donors (Lipinski definition) is 2. The molecular formula is C19H29FN4O2. The number of benzene rings is 1. The Balaban J connectivity index is 1.83. The molecule has 0 atom stereocenters. The summed E-state index contributed by atoms with van der Waals surface area (Å²) >= 11 is 0. The Kier molecular flexibility index (Phi) is 8.34. The highest BCUT2D eigenvalue weighted by Crippen LogP contribution is 2.18. The van der Waals surface area contributed by atoms with Gasteiger partial charge in [-0.1, -0.05) is 0 Å². The van der Waals surface area contributed by atoms with Crippen LogP contribution in [0.3, 0.4) is 0 Å². The van der Waals surface area contributed by atoms with E-state index in [-0.39, 0.29) is 18.3 Å². The smallest absolute Gasteiger partial charge is 0.246 e. The van der Waals surface area contributed by atoms with Crippen molar-refractivity contribution >= 4 is 17.6 Å². The number of anilines is 1. The second-order valence-electron chi connectivity index (χ2n) is 6.49. The number of amides is 1. The normalized spacial score (nSPS) is 15.6. The summed E-state index contributed by atoms with van der Waals surface area (Å²) in [7, 11) is 1.98. The highest BCUT2D eigenvalue weighted by Gasteiger charge is 2.15. The molecule has 1 aromatic rings. The second kappa shape index (κ2) is 10.8. The topological polar surface area (TPSA) is 66.0 Å². The van der Waals surface area contributed by atoms with E-state index in [4.69, 9.17) is 4.74 Å². The van der Waals surface area contributed by atoms with Gasteiger partial charge in [-0.2, -0.15) is 0 Å². The van der Waals surface area contributed by atoms with Gasteiger partial charge in [0.25, 0.3) is 0 Å². The highest BCUT2D eigenvalue weighted by atomic mass is 19.1. The van der Waals surface area contributed by atoms with Gasteiger partial charge in [-0.25, -0.2) is 9.38 Å². The molecule has 1 amide bonds. The molecule has 1 aromatic carbocycles. The van der Waals surface area contributed by atoms with Gasteiger partial charge in [0.05, 0.1) is 0 Å². The molecule has 0 saturated carbocycles. The summed E-state index contributed by atoms with van der Waals surface area (Å²) in [6, 6.07) is 5.68. The molecule has 1 saturated heterocycles. The lowest BCUT2D eigenvalue weighted by Crippen LogP contribution is -2.40. The molecule has 144 valence electrons. The molecule has 26 heavy (non-hydrogen) atoms. The number of rotatable bonds is 7.